The Hall–Kier alpha value is -3.10. The van der Waals surface area contributed by atoms with Crippen molar-refractivity contribution in [3.8, 4) is 0 Å². The molecule has 0 radical (unpaired) electrons. The van der Waals surface area contributed by atoms with Crippen molar-refractivity contribution in [1.29, 1.82) is 0 Å². The summed E-state index contributed by atoms with van der Waals surface area (Å²) in [5, 5.41) is 0. The Morgan fingerprint density at radius 3 is 2.75 bits per heavy atom. The number of carbonyl (C=O) groups excluding carboxylic acids is 1. The van der Waals surface area contributed by atoms with Crippen LogP contribution in [0.1, 0.15) is 23.0 Å². The average Bonchev–Trinajstić information content (AvgIpc) is 3.19. The molecule has 0 bridgehead atoms. The molecule has 3 aromatic rings. The second-order valence-corrected chi connectivity index (χ2v) is 5.23. The largest absolute Gasteiger partial charge is 0.467 e. The number of ether oxygens (including phenoxy) is 1. The van der Waals surface area contributed by atoms with Crippen molar-refractivity contribution in [1.82, 2.24) is 18.7 Å². The second-order valence-electron chi connectivity index (χ2n) is 5.23. The Bertz CT molecular complexity index is 1040. The van der Waals surface area contributed by atoms with E-state index >= 15 is 0 Å². The molecule has 0 aliphatic heterocycles. The van der Waals surface area contributed by atoms with Crippen LogP contribution in [0.5, 0.6) is 0 Å². The van der Waals surface area contributed by atoms with Gasteiger partial charge in [-0.15, -0.1) is 0 Å². The molecule has 0 spiro atoms. The predicted molar refractivity (Wildman–Crippen MR) is 84.0 cm³/mol. The zero-order valence-electron chi connectivity index (χ0n) is 13.5. The Balaban J connectivity index is 2.11. The molecule has 126 valence electrons. The molecule has 0 amide bonds. The van der Waals surface area contributed by atoms with E-state index < -0.39 is 17.2 Å². The molecular formula is C15H16N4O5. The molecule has 24 heavy (non-hydrogen) atoms. The lowest BCUT2D eigenvalue weighted by molar-refractivity contribution is 0.0523. The molecule has 3 rings (SSSR count). The smallest absolute Gasteiger partial charge is 0.341 e. The highest BCUT2D eigenvalue weighted by molar-refractivity contribution is 5.90. The van der Waals surface area contributed by atoms with Gasteiger partial charge in [0.2, 0.25) is 0 Å². The Kier molecular flexibility index (Phi) is 3.84. The molecule has 0 aliphatic carbocycles. The monoisotopic (exact) mass is 332 g/mol. The number of hydrogen-bond donors (Lipinski definition) is 0. The molecular weight excluding hydrogens is 316 g/mol. The molecule has 0 atom stereocenters. The lowest BCUT2D eigenvalue weighted by Gasteiger charge is -2.06. The zero-order valence-corrected chi connectivity index (χ0v) is 13.5. The number of aromatic nitrogens is 4. The van der Waals surface area contributed by atoms with Crippen LogP contribution >= 0.6 is 0 Å². The standard InChI is InChI=1S/C15H16N4O5/c1-4-23-14(21)9-5-6-24-10(9)7-19-8-16-12-11(19)13(20)18(3)15(22)17(12)2/h5-6,8H,4,7H2,1-3H3. The molecule has 3 heterocycles. The number of fused-ring (bicyclic) bond motifs is 1. The maximum absolute atomic E-state index is 12.4. The summed E-state index contributed by atoms with van der Waals surface area (Å²) in [6.07, 6.45) is 2.82. The van der Waals surface area contributed by atoms with Gasteiger partial charge >= 0.3 is 11.7 Å². The Morgan fingerprint density at radius 1 is 1.29 bits per heavy atom. The van der Waals surface area contributed by atoms with Crippen LogP contribution < -0.4 is 11.2 Å². The van der Waals surface area contributed by atoms with Gasteiger partial charge in [-0.2, -0.15) is 0 Å². The van der Waals surface area contributed by atoms with Crippen LogP contribution in [0.25, 0.3) is 11.2 Å². The number of carbonyl (C=O) groups is 1. The van der Waals surface area contributed by atoms with Gasteiger partial charge in [0.1, 0.15) is 11.3 Å². The van der Waals surface area contributed by atoms with E-state index in [4.69, 9.17) is 9.15 Å². The number of rotatable bonds is 4. The summed E-state index contributed by atoms with van der Waals surface area (Å²) in [5.41, 5.74) is -0.101. The Labute approximate surface area is 135 Å². The fraction of sp³-hybridized carbons (Fsp3) is 0.333. The third-order valence-corrected chi connectivity index (χ3v) is 3.77. The fourth-order valence-electron chi connectivity index (χ4n) is 2.53. The normalized spacial score (nSPS) is 11.1. The maximum atomic E-state index is 12.4. The molecule has 0 saturated carbocycles. The number of nitrogens with zero attached hydrogens (tertiary/aromatic N) is 4. The summed E-state index contributed by atoms with van der Waals surface area (Å²) >= 11 is 0. The molecule has 0 saturated heterocycles. The first kappa shape index (κ1) is 15.8. The van der Waals surface area contributed by atoms with Gasteiger partial charge in [0, 0.05) is 14.1 Å². The molecule has 0 aromatic carbocycles. The third-order valence-electron chi connectivity index (χ3n) is 3.77. The van der Waals surface area contributed by atoms with E-state index in [2.05, 4.69) is 4.98 Å². The summed E-state index contributed by atoms with van der Waals surface area (Å²) < 4.78 is 14.2. The third kappa shape index (κ3) is 2.34. The molecule has 3 aromatic heterocycles. The highest BCUT2D eigenvalue weighted by atomic mass is 16.5. The number of hydrogen-bond acceptors (Lipinski definition) is 6. The SMILES string of the molecule is CCOC(=O)c1ccoc1Cn1cnc2c1c(=O)n(C)c(=O)n2C. The second kappa shape index (κ2) is 5.84. The molecule has 0 N–H and O–H groups in total. The molecule has 9 nitrogen and oxygen atoms in total. The highest BCUT2D eigenvalue weighted by Crippen LogP contribution is 2.16. The van der Waals surface area contributed by atoms with Crippen molar-refractivity contribution < 1.29 is 13.9 Å². The molecule has 9 heteroatoms. The van der Waals surface area contributed by atoms with Crippen LogP contribution in [0.15, 0.2) is 32.7 Å². The van der Waals surface area contributed by atoms with Gasteiger partial charge in [-0.3, -0.25) is 13.9 Å². The maximum Gasteiger partial charge on any atom is 0.341 e. The van der Waals surface area contributed by atoms with Crippen molar-refractivity contribution in [3.63, 3.8) is 0 Å². The number of esters is 1. The van der Waals surface area contributed by atoms with Crippen LogP contribution in [0.3, 0.4) is 0 Å². The first-order chi connectivity index (χ1) is 11.5. The van der Waals surface area contributed by atoms with Crippen molar-refractivity contribution >= 4 is 17.1 Å². The van der Waals surface area contributed by atoms with Crippen molar-refractivity contribution in [2.75, 3.05) is 6.61 Å². The number of aryl methyl sites for hydroxylation is 1. The lowest BCUT2D eigenvalue weighted by atomic mass is 10.2. The minimum atomic E-state index is -0.494. The van der Waals surface area contributed by atoms with E-state index in [1.54, 1.807) is 18.5 Å². The summed E-state index contributed by atoms with van der Waals surface area (Å²) in [4.78, 5) is 40.4. The van der Waals surface area contributed by atoms with Crippen LogP contribution in [0, 0.1) is 0 Å². The van der Waals surface area contributed by atoms with Gasteiger partial charge < -0.3 is 13.7 Å². The van der Waals surface area contributed by atoms with E-state index in [1.165, 1.54) is 30.3 Å². The molecule has 0 unspecified atom stereocenters. The first-order valence-corrected chi connectivity index (χ1v) is 7.30. The van der Waals surface area contributed by atoms with Crippen molar-refractivity contribution in [3.05, 3.63) is 50.8 Å². The highest BCUT2D eigenvalue weighted by Gasteiger charge is 2.19. The van der Waals surface area contributed by atoms with E-state index in [9.17, 15) is 14.4 Å². The van der Waals surface area contributed by atoms with Crippen molar-refractivity contribution in [2.24, 2.45) is 14.1 Å². The zero-order chi connectivity index (χ0) is 17.4. The van der Waals surface area contributed by atoms with E-state index in [0.29, 0.717) is 11.3 Å². The van der Waals surface area contributed by atoms with Gasteiger partial charge in [-0.05, 0) is 13.0 Å². The number of imidazole rings is 1. The fourth-order valence-corrected chi connectivity index (χ4v) is 2.53. The van der Waals surface area contributed by atoms with Gasteiger partial charge in [-0.1, -0.05) is 0 Å². The predicted octanol–water partition coefficient (Wildman–Crippen LogP) is 0.252. The summed E-state index contributed by atoms with van der Waals surface area (Å²) in [5.74, 6) is -0.144. The molecule has 0 aliphatic rings. The van der Waals surface area contributed by atoms with Gasteiger partial charge in [0.25, 0.3) is 5.56 Å². The minimum absolute atomic E-state index is 0.116. The Morgan fingerprint density at radius 2 is 2.04 bits per heavy atom. The first-order valence-electron chi connectivity index (χ1n) is 7.30. The van der Waals surface area contributed by atoms with Gasteiger partial charge in [0.05, 0.1) is 25.7 Å². The summed E-state index contributed by atoms with van der Waals surface area (Å²) in [6, 6.07) is 1.51. The molecule has 0 fully saturated rings. The number of furan rings is 1. The van der Waals surface area contributed by atoms with Gasteiger partial charge in [0.15, 0.2) is 11.2 Å². The van der Waals surface area contributed by atoms with Crippen LogP contribution in [0.4, 0.5) is 0 Å². The summed E-state index contributed by atoms with van der Waals surface area (Å²) in [6.45, 7) is 2.08. The van der Waals surface area contributed by atoms with E-state index in [0.717, 1.165) is 4.57 Å². The van der Waals surface area contributed by atoms with E-state index in [1.807, 2.05) is 0 Å². The minimum Gasteiger partial charge on any atom is -0.467 e. The van der Waals surface area contributed by atoms with Gasteiger partial charge in [-0.25, -0.2) is 14.6 Å². The van der Waals surface area contributed by atoms with Crippen LogP contribution in [-0.2, 0) is 25.4 Å². The summed E-state index contributed by atoms with van der Waals surface area (Å²) in [7, 11) is 2.94. The van der Waals surface area contributed by atoms with Crippen LogP contribution in [-0.4, -0.2) is 31.3 Å². The quantitative estimate of drug-likeness (QED) is 0.635. The topological polar surface area (TPSA) is 101 Å². The van der Waals surface area contributed by atoms with E-state index in [-0.39, 0.29) is 24.3 Å². The average molecular weight is 332 g/mol. The lowest BCUT2D eigenvalue weighted by Crippen LogP contribution is -2.37. The van der Waals surface area contributed by atoms with Crippen molar-refractivity contribution in [2.45, 2.75) is 13.5 Å². The van der Waals surface area contributed by atoms with Crippen LogP contribution in [0.2, 0.25) is 0 Å².